The molecular formula is C14H14BrCl2NO2. The van der Waals surface area contributed by atoms with Crippen molar-refractivity contribution in [1.82, 2.24) is 5.32 Å². The van der Waals surface area contributed by atoms with E-state index < -0.39 is 0 Å². The summed E-state index contributed by atoms with van der Waals surface area (Å²) in [6.45, 7) is 4.07. The fourth-order valence-corrected chi connectivity index (χ4v) is 2.47. The van der Waals surface area contributed by atoms with Gasteiger partial charge in [0.2, 0.25) is 0 Å². The zero-order valence-corrected chi connectivity index (χ0v) is 14.0. The van der Waals surface area contributed by atoms with E-state index in [4.69, 9.17) is 32.4 Å². The highest BCUT2D eigenvalue weighted by Crippen LogP contribution is 2.34. The van der Waals surface area contributed by atoms with Crippen LogP contribution in [0.2, 0.25) is 10.0 Å². The highest BCUT2D eigenvalue weighted by atomic mass is 79.9. The molecular weight excluding hydrogens is 365 g/mol. The molecule has 0 aliphatic heterocycles. The first-order valence-electron chi connectivity index (χ1n) is 6.14. The summed E-state index contributed by atoms with van der Waals surface area (Å²) >= 11 is 15.4. The lowest BCUT2D eigenvalue weighted by atomic mass is 10.3. The van der Waals surface area contributed by atoms with Crippen molar-refractivity contribution in [3.05, 3.63) is 50.3 Å². The van der Waals surface area contributed by atoms with Crippen molar-refractivity contribution in [3.8, 4) is 5.75 Å². The van der Waals surface area contributed by atoms with Gasteiger partial charge in [-0.15, -0.1) is 0 Å². The van der Waals surface area contributed by atoms with Crippen LogP contribution in [0.15, 0.2) is 33.4 Å². The van der Waals surface area contributed by atoms with Gasteiger partial charge in [-0.05, 0) is 34.6 Å². The SMILES string of the molecule is CCNCc1coc(COc2cc(Cl)c(Br)cc2Cl)c1. The standard InChI is InChI=1S/C14H14BrCl2NO2/c1-2-18-6-9-3-10(19-7-9)8-20-14-5-12(16)11(15)4-13(14)17/h3-5,7,18H,2,6,8H2,1H3. The lowest BCUT2D eigenvalue weighted by molar-refractivity contribution is 0.270. The molecule has 0 amide bonds. The van der Waals surface area contributed by atoms with Gasteiger partial charge < -0.3 is 14.5 Å². The first kappa shape index (κ1) is 15.7. The predicted octanol–water partition coefficient (Wildman–Crippen LogP) is 5.04. The molecule has 2 rings (SSSR count). The van der Waals surface area contributed by atoms with Crippen molar-refractivity contribution in [2.75, 3.05) is 6.54 Å². The monoisotopic (exact) mass is 377 g/mol. The number of halogens is 3. The van der Waals surface area contributed by atoms with Crippen LogP contribution in [0.4, 0.5) is 0 Å². The molecule has 0 bridgehead atoms. The molecule has 0 radical (unpaired) electrons. The van der Waals surface area contributed by atoms with Crippen LogP contribution in [-0.4, -0.2) is 6.54 Å². The topological polar surface area (TPSA) is 34.4 Å². The molecule has 1 aromatic carbocycles. The van der Waals surface area contributed by atoms with Crippen molar-refractivity contribution < 1.29 is 9.15 Å². The molecule has 0 fully saturated rings. The Morgan fingerprint density at radius 3 is 2.80 bits per heavy atom. The Kier molecular flexibility index (Phi) is 5.78. The van der Waals surface area contributed by atoms with Crippen molar-refractivity contribution in [3.63, 3.8) is 0 Å². The maximum absolute atomic E-state index is 6.09. The Labute approximate surface area is 136 Å². The summed E-state index contributed by atoms with van der Waals surface area (Å²) in [5, 5.41) is 4.28. The van der Waals surface area contributed by atoms with Gasteiger partial charge in [-0.3, -0.25) is 0 Å². The molecule has 108 valence electrons. The van der Waals surface area contributed by atoms with Crippen LogP contribution < -0.4 is 10.1 Å². The first-order chi connectivity index (χ1) is 9.60. The number of hydrogen-bond acceptors (Lipinski definition) is 3. The molecule has 20 heavy (non-hydrogen) atoms. The van der Waals surface area contributed by atoms with E-state index in [1.165, 1.54) is 0 Å². The molecule has 6 heteroatoms. The maximum Gasteiger partial charge on any atom is 0.146 e. The summed E-state index contributed by atoms with van der Waals surface area (Å²) in [6, 6.07) is 5.34. The summed E-state index contributed by atoms with van der Waals surface area (Å²) < 4.78 is 11.8. The number of ether oxygens (including phenoxy) is 1. The van der Waals surface area contributed by atoms with Gasteiger partial charge in [0.15, 0.2) is 0 Å². The van der Waals surface area contributed by atoms with Crippen molar-refractivity contribution in [1.29, 1.82) is 0 Å². The summed E-state index contributed by atoms with van der Waals surface area (Å²) in [6.07, 6.45) is 1.72. The van der Waals surface area contributed by atoms with Crippen molar-refractivity contribution in [2.45, 2.75) is 20.1 Å². The molecule has 0 aliphatic carbocycles. The minimum absolute atomic E-state index is 0.309. The number of furan rings is 1. The van der Waals surface area contributed by atoms with Crippen LogP contribution >= 0.6 is 39.1 Å². The van der Waals surface area contributed by atoms with Gasteiger partial charge in [-0.25, -0.2) is 0 Å². The summed E-state index contributed by atoms with van der Waals surface area (Å²) in [4.78, 5) is 0. The molecule has 3 nitrogen and oxygen atoms in total. The summed E-state index contributed by atoms with van der Waals surface area (Å²) in [5.41, 5.74) is 1.09. The van der Waals surface area contributed by atoms with Crippen LogP contribution in [-0.2, 0) is 13.2 Å². The van der Waals surface area contributed by atoms with Crippen molar-refractivity contribution in [2.24, 2.45) is 0 Å². The van der Waals surface area contributed by atoms with E-state index in [0.717, 1.165) is 28.9 Å². The van der Waals surface area contributed by atoms with Gasteiger partial charge in [0.25, 0.3) is 0 Å². The Morgan fingerprint density at radius 1 is 1.25 bits per heavy atom. The lowest BCUT2D eigenvalue weighted by Gasteiger charge is -2.07. The summed E-state index contributed by atoms with van der Waals surface area (Å²) in [7, 11) is 0. The Balaban J connectivity index is 1.98. The third-order valence-corrected chi connectivity index (χ3v) is 4.12. The van der Waals surface area contributed by atoms with Crippen LogP contribution in [0.25, 0.3) is 0 Å². The van der Waals surface area contributed by atoms with Crippen LogP contribution in [0, 0.1) is 0 Å². The largest absolute Gasteiger partial charge is 0.484 e. The third kappa shape index (κ3) is 4.16. The van der Waals surface area contributed by atoms with Gasteiger partial charge in [0.1, 0.15) is 18.1 Å². The van der Waals surface area contributed by atoms with E-state index in [0.29, 0.717) is 22.4 Å². The van der Waals surface area contributed by atoms with Crippen LogP contribution in [0.5, 0.6) is 5.75 Å². The molecule has 0 saturated carbocycles. The second-order valence-electron chi connectivity index (χ2n) is 4.19. The molecule has 1 N–H and O–H groups in total. The quantitative estimate of drug-likeness (QED) is 0.715. The van der Waals surface area contributed by atoms with Gasteiger partial charge >= 0.3 is 0 Å². The van der Waals surface area contributed by atoms with E-state index in [-0.39, 0.29) is 0 Å². The number of nitrogens with one attached hydrogen (secondary N) is 1. The van der Waals surface area contributed by atoms with E-state index in [2.05, 4.69) is 28.2 Å². The van der Waals surface area contributed by atoms with E-state index >= 15 is 0 Å². The average molecular weight is 379 g/mol. The normalized spacial score (nSPS) is 10.8. The Morgan fingerprint density at radius 2 is 2.05 bits per heavy atom. The van der Waals surface area contributed by atoms with Gasteiger partial charge in [0.05, 0.1) is 16.3 Å². The average Bonchev–Trinajstić information content (AvgIpc) is 2.87. The number of hydrogen-bond donors (Lipinski definition) is 1. The number of benzene rings is 1. The zero-order chi connectivity index (χ0) is 14.5. The second-order valence-corrected chi connectivity index (χ2v) is 5.86. The highest BCUT2D eigenvalue weighted by molar-refractivity contribution is 9.10. The fraction of sp³-hybridized carbons (Fsp3) is 0.286. The van der Waals surface area contributed by atoms with Crippen LogP contribution in [0.3, 0.4) is 0 Å². The van der Waals surface area contributed by atoms with E-state index in [1.54, 1.807) is 18.4 Å². The predicted molar refractivity (Wildman–Crippen MR) is 84.6 cm³/mol. The fourth-order valence-electron chi connectivity index (χ4n) is 1.63. The van der Waals surface area contributed by atoms with Gasteiger partial charge in [-0.2, -0.15) is 0 Å². The van der Waals surface area contributed by atoms with Crippen molar-refractivity contribution >= 4 is 39.1 Å². The molecule has 1 aromatic heterocycles. The zero-order valence-electron chi connectivity index (χ0n) is 10.9. The van der Waals surface area contributed by atoms with Gasteiger partial charge in [-0.1, -0.05) is 30.1 Å². The maximum atomic E-state index is 6.09. The lowest BCUT2D eigenvalue weighted by Crippen LogP contribution is -2.10. The smallest absolute Gasteiger partial charge is 0.146 e. The highest BCUT2D eigenvalue weighted by Gasteiger charge is 2.08. The number of rotatable bonds is 6. The van der Waals surface area contributed by atoms with Crippen LogP contribution in [0.1, 0.15) is 18.2 Å². The molecule has 0 spiro atoms. The molecule has 0 atom stereocenters. The third-order valence-electron chi connectivity index (χ3n) is 2.63. The van der Waals surface area contributed by atoms with Gasteiger partial charge in [0, 0.05) is 22.6 Å². The summed E-state index contributed by atoms with van der Waals surface area (Å²) in [5.74, 6) is 1.28. The minimum atomic E-state index is 0.309. The first-order valence-corrected chi connectivity index (χ1v) is 7.69. The second kappa shape index (κ2) is 7.36. The van der Waals surface area contributed by atoms with E-state index in [9.17, 15) is 0 Å². The minimum Gasteiger partial charge on any atom is -0.484 e. The molecule has 0 unspecified atom stereocenters. The van der Waals surface area contributed by atoms with E-state index in [1.807, 2.05) is 6.07 Å². The Hall–Kier alpha value is -0.680. The molecule has 0 saturated heterocycles. The molecule has 2 aromatic rings. The molecule has 1 heterocycles. The Bertz CT molecular complexity index is 587. The molecule has 0 aliphatic rings.